The van der Waals surface area contributed by atoms with Gasteiger partial charge < -0.3 is 10.3 Å². The monoisotopic (exact) mass is 286 g/mol. The Hall–Kier alpha value is -0.950. The Morgan fingerprint density at radius 3 is 3.11 bits per heavy atom. The van der Waals surface area contributed by atoms with Crippen LogP contribution < -0.4 is 5.73 Å². The van der Waals surface area contributed by atoms with Crippen LogP contribution in [-0.2, 0) is 6.54 Å². The topological polar surface area (TPSA) is 68.2 Å². The number of thiophene rings is 1. The summed E-state index contributed by atoms with van der Waals surface area (Å²) in [6.07, 6.45) is 1.05. The molecule has 1 saturated heterocycles. The Morgan fingerprint density at radius 1 is 1.56 bits per heavy atom. The minimum absolute atomic E-state index is 0. The molecular formula is C11H15ClN4OS. The fraction of sp³-hybridized carbons (Fsp3) is 0.455. The van der Waals surface area contributed by atoms with Gasteiger partial charge in [-0.3, -0.25) is 4.90 Å². The standard InChI is InChI=1S/C11H14N4OS.ClH/c12-9-1-3-15(5-9)6-10-13-11(14-16-10)8-2-4-17-7-8;/h2,4,7,9H,1,3,5-6,12H2;1H. The predicted octanol–water partition coefficient (Wildman–Crippen LogP) is 1.75. The number of hydrogen-bond acceptors (Lipinski definition) is 6. The van der Waals surface area contributed by atoms with Crippen LogP contribution in [0.3, 0.4) is 0 Å². The largest absolute Gasteiger partial charge is 0.338 e. The summed E-state index contributed by atoms with van der Waals surface area (Å²) >= 11 is 1.63. The smallest absolute Gasteiger partial charge is 0.241 e. The summed E-state index contributed by atoms with van der Waals surface area (Å²) in [5.41, 5.74) is 6.87. The lowest BCUT2D eigenvalue weighted by Crippen LogP contribution is -2.26. The summed E-state index contributed by atoms with van der Waals surface area (Å²) in [6.45, 7) is 2.62. The second-order valence-electron chi connectivity index (χ2n) is 4.31. The summed E-state index contributed by atoms with van der Waals surface area (Å²) in [6, 6.07) is 2.28. The van der Waals surface area contributed by atoms with E-state index in [1.807, 2.05) is 16.8 Å². The third-order valence-electron chi connectivity index (χ3n) is 2.92. The van der Waals surface area contributed by atoms with Gasteiger partial charge in [-0.2, -0.15) is 16.3 Å². The van der Waals surface area contributed by atoms with Crippen LogP contribution in [0.25, 0.3) is 11.4 Å². The van der Waals surface area contributed by atoms with E-state index in [2.05, 4.69) is 15.0 Å². The molecule has 1 unspecified atom stereocenters. The first kappa shape index (κ1) is 13.5. The normalized spacial score (nSPS) is 19.9. The molecule has 98 valence electrons. The second kappa shape index (κ2) is 5.79. The van der Waals surface area contributed by atoms with Gasteiger partial charge in [-0.05, 0) is 17.9 Å². The molecule has 3 rings (SSSR count). The Kier molecular flexibility index (Phi) is 4.34. The Morgan fingerprint density at radius 2 is 2.44 bits per heavy atom. The van der Waals surface area contributed by atoms with Crippen LogP contribution in [0, 0.1) is 0 Å². The second-order valence-corrected chi connectivity index (χ2v) is 5.09. The van der Waals surface area contributed by atoms with Crippen molar-refractivity contribution >= 4 is 23.7 Å². The van der Waals surface area contributed by atoms with Gasteiger partial charge in [0.15, 0.2) is 0 Å². The highest BCUT2D eigenvalue weighted by atomic mass is 35.5. The zero-order valence-electron chi connectivity index (χ0n) is 9.78. The Bertz CT molecular complexity index is 487. The highest BCUT2D eigenvalue weighted by molar-refractivity contribution is 7.08. The van der Waals surface area contributed by atoms with E-state index in [0.29, 0.717) is 18.3 Å². The van der Waals surface area contributed by atoms with Gasteiger partial charge in [-0.1, -0.05) is 5.16 Å². The van der Waals surface area contributed by atoms with Crippen molar-refractivity contribution < 1.29 is 4.52 Å². The van der Waals surface area contributed by atoms with E-state index < -0.39 is 0 Å². The molecule has 5 nitrogen and oxygen atoms in total. The summed E-state index contributed by atoms with van der Waals surface area (Å²) in [5, 5.41) is 8.00. The summed E-state index contributed by atoms with van der Waals surface area (Å²) in [7, 11) is 0. The molecule has 1 aliphatic rings. The molecule has 3 heterocycles. The van der Waals surface area contributed by atoms with Gasteiger partial charge in [0.2, 0.25) is 11.7 Å². The van der Waals surface area contributed by atoms with E-state index in [1.165, 1.54) is 0 Å². The zero-order chi connectivity index (χ0) is 11.7. The van der Waals surface area contributed by atoms with Gasteiger partial charge in [0.25, 0.3) is 0 Å². The maximum Gasteiger partial charge on any atom is 0.241 e. The molecule has 0 spiro atoms. The van der Waals surface area contributed by atoms with E-state index in [1.54, 1.807) is 11.3 Å². The van der Waals surface area contributed by atoms with E-state index in [0.717, 1.165) is 25.1 Å². The number of rotatable bonds is 3. The molecule has 0 radical (unpaired) electrons. The van der Waals surface area contributed by atoms with E-state index >= 15 is 0 Å². The first-order valence-electron chi connectivity index (χ1n) is 5.64. The molecule has 0 aromatic carbocycles. The van der Waals surface area contributed by atoms with Crippen LogP contribution in [-0.4, -0.2) is 34.2 Å². The molecule has 2 aromatic rings. The minimum Gasteiger partial charge on any atom is -0.338 e. The molecule has 0 aliphatic carbocycles. The lowest BCUT2D eigenvalue weighted by molar-refractivity contribution is 0.265. The number of nitrogens with two attached hydrogens (primary N) is 1. The molecule has 1 fully saturated rings. The number of aromatic nitrogens is 2. The minimum atomic E-state index is 0. The van der Waals surface area contributed by atoms with Crippen LogP contribution in [0.1, 0.15) is 12.3 Å². The summed E-state index contributed by atoms with van der Waals surface area (Å²) < 4.78 is 5.25. The zero-order valence-corrected chi connectivity index (χ0v) is 11.4. The third kappa shape index (κ3) is 2.89. The van der Waals surface area contributed by atoms with Crippen LogP contribution in [0.2, 0.25) is 0 Å². The fourth-order valence-corrected chi connectivity index (χ4v) is 2.66. The van der Waals surface area contributed by atoms with Gasteiger partial charge >= 0.3 is 0 Å². The third-order valence-corrected chi connectivity index (χ3v) is 3.60. The molecule has 0 bridgehead atoms. The highest BCUT2D eigenvalue weighted by Gasteiger charge is 2.21. The van der Waals surface area contributed by atoms with Crippen molar-refractivity contribution in [3.63, 3.8) is 0 Å². The SMILES string of the molecule is Cl.NC1CCN(Cc2nc(-c3ccsc3)no2)C1. The molecule has 2 N–H and O–H groups in total. The van der Waals surface area contributed by atoms with E-state index in [-0.39, 0.29) is 18.4 Å². The molecule has 0 saturated carbocycles. The maximum atomic E-state index is 5.85. The first-order chi connectivity index (χ1) is 8.31. The van der Waals surface area contributed by atoms with Crippen LogP contribution in [0.4, 0.5) is 0 Å². The average Bonchev–Trinajstić information content (AvgIpc) is 3.00. The van der Waals surface area contributed by atoms with Crippen molar-refractivity contribution in [2.45, 2.75) is 19.0 Å². The molecular weight excluding hydrogens is 272 g/mol. The molecule has 1 atom stereocenters. The van der Waals surface area contributed by atoms with Crippen molar-refractivity contribution in [2.24, 2.45) is 5.73 Å². The van der Waals surface area contributed by atoms with E-state index in [4.69, 9.17) is 10.3 Å². The number of hydrogen-bond donors (Lipinski definition) is 1. The fourth-order valence-electron chi connectivity index (χ4n) is 2.03. The van der Waals surface area contributed by atoms with Crippen molar-refractivity contribution in [2.75, 3.05) is 13.1 Å². The van der Waals surface area contributed by atoms with Gasteiger partial charge in [-0.25, -0.2) is 0 Å². The van der Waals surface area contributed by atoms with Crippen LogP contribution in [0.15, 0.2) is 21.3 Å². The Balaban J connectivity index is 0.00000120. The number of halogens is 1. The lowest BCUT2D eigenvalue weighted by atomic mass is 10.3. The average molecular weight is 287 g/mol. The van der Waals surface area contributed by atoms with E-state index in [9.17, 15) is 0 Å². The molecule has 0 amide bonds. The quantitative estimate of drug-likeness (QED) is 0.931. The Labute approximate surface area is 115 Å². The van der Waals surface area contributed by atoms with Crippen LogP contribution in [0.5, 0.6) is 0 Å². The van der Waals surface area contributed by atoms with Crippen molar-refractivity contribution in [1.29, 1.82) is 0 Å². The van der Waals surface area contributed by atoms with Crippen LogP contribution >= 0.6 is 23.7 Å². The number of likely N-dealkylation sites (tertiary alicyclic amines) is 1. The number of nitrogens with zero attached hydrogens (tertiary/aromatic N) is 3. The van der Waals surface area contributed by atoms with Gasteiger partial charge in [0.1, 0.15) is 0 Å². The molecule has 1 aliphatic heterocycles. The van der Waals surface area contributed by atoms with Crippen molar-refractivity contribution in [1.82, 2.24) is 15.0 Å². The van der Waals surface area contributed by atoms with Gasteiger partial charge in [0.05, 0.1) is 6.54 Å². The first-order valence-corrected chi connectivity index (χ1v) is 6.58. The van der Waals surface area contributed by atoms with Gasteiger partial charge in [-0.15, -0.1) is 12.4 Å². The van der Waals surface area contributed by atoms with Crippen molar-refractivity contribution in [3.05, 3.63) is 22.7 Å². The van der Waals surface area contributed by atoms with Gasteiger partial charge in [0, 0.05) is 30.1 Å². The predicted molar refractivity (Wildman–Crippen MR) is 72.7 cm³/mol. The lowest BCUT2D eigenvalue weighted by Gasteiger charge is -2.10. The highest BCUT2D eigenvalue weighted by Crippen LogP contribution is 2.19. The molecule has 2 aromatic heterocycles. The summed E-state index contributed by atoms with van der Waals surface area (Å²) in [4.78, 5) is 6.63. The molecule has 18 heavy (non-hydrogen) atoms. The summed E-state index contributed by atoms with van der Waals surface area (Å²) in [5.74, 6) is 1.34. The molecule has 7 heteroatoms. The van der Waals surface area contributed by atoms with Crippen molar-refractivity contribution in [3.8, 4) is 11.4 Å². The maximum absolute atomic E-state index is 5.85.